The maximum Gasteiger partial charge on any atom is 0.417 e. The van der Waals surface area contributed by atoms with Gasteiger partial charge in [0.25, 0.3) is 0 Å². The first kappa shape index (κ1) is 23.4. The van der Waals surface area contributed by atoms with E-state index in [1.165, 1.54) is 12.1 Å². The van der Waals surface area contributed by atoms with Crippen LogP contribution in [-0.4, -0.2) is 29.8 Å². The molecule has 2 unspecified atom stereocenters. The minimum atomic E-state index is -4.61. The van der Waals surface area contributed by atoms with Gasteiger partial charge in [-0.05, 0) is 54.3 Å². The lowest BCUT2D eigenvalue weighted by Crippen LogP contribution is -2.20. The molecular formula is C27H21F3N4O2. The SMILES string of the molecule is C#Cc1ccc(NC(=O)C2CC2c2cccc(Oc3ccnc(C4=NCCN4)c3)c2)cc1C(F)(F)F. The van der Waals surface area contributed by atoms with E-state index in [1.54, 1.807) is 18.3 Å². The number of benzene rings is 2. The van der Waals surface area contributed by atoms with E-state index in [2.05, 4.69) is 20.6 Å². The zero-order valence-electron chi connectivity index (χ0n) is 19.0. The summed E-state index contributed by atoms with van der Waals surface area (Å²) < 4.78 is 45.8. The number of hydrogen-bond acceptors (Lipinski definition) is 5. The van der Waals surface area contributed by atoms with Crippen LogP contribution in [0.4, 0.5) is 18.9 Å². The van der Waals surface area contributed by atoms with Gasteiger partial charge in [0.2, 0.25) is 5.91 Å². The predicted molar refractivity (Wildman–Crippen MR) is 129 cm³/mol. The molecule has 0 radical (unpaired) electrons. The van der Waals surface area contributed by atoms with Crippen molar-refractivity contribution < 1.29 is 22.7 Å². The summed E-state index contributed by atoms with van der Waals surface area (Å²) in [6.07, 6.45) is 2.81. The second-order valence-corrected chi connectivity index (χ2v) is 8.55. The van der Waals surface area contributed by atoms with E-state index < -0.39 is 11.7 Å². The lowest BCUT2D eigenvalue weighted by atomic mass is 10.1. The van der Waals surface area contributed by atoms with Gasteiger partial charge in [-0.1, -0.05) is 18.1 Å². The molecule has 5 rings (SSSR count). The molecule has 0 bridgehead atoms. The third kappa shape index (κ3) is 5.03. The molecule has 0 saturated heterocycles. The van der Waals surface area contributed by atoms with E-state index in [-0.39, 0.29) is 29.0 Å². The minimum Gasteiger partial charge on any atom is -0.457 e. The van der Waals surface area contributed by atoms with Crippen LogP contribution in [0.2, 0.25) is 0 Å². The molecule has 2 aliphatic rings. The van der Waals surface area contributed by atoms with Gasteiger partial charge in [-0.25, -0.2) is 0 Å². The van der Waals surface area contributed by atoms with Crippen LogP contribution in [0.15, 0.2) is 65.8 Å². The molecule has 6 nitrogen and oxygen atoms in total. The van der Waals surface area contributed by atoms with E-state index in [9.17, 15) is 18.0 Å². The van der Waals surface area contributed by atoms with Gasteiger partial charge < -0.3 is 15.4 Å². The number of aromatic nitrogens is 1. The van der Waals surface area contributed by atoms with Gasteiger partial charge in [-0.15, -0.1) is 6.42 Å². The zero-order valence-corrected chi connectivity index (χ0v) is 19.0. The van der Waals surface area contributed by atoms with Crippen molar-refractivity contribution in [3.8, 4) is 23.8 Å². The number of aliphatic imine (C=N–C) groups is 1. The van der Waals surface area contributed by atoms with Crippen molar-refractivity contribution in [3.05, 3.63) is 83.2 Å². The molecule has 3 aromatic rings. The van der Waals surface area contributed by atoms with E-state index in [0.717, 1.165) is 24.0 Å². The molecule has 2 atom stereocenters. The number of nitrogens with one attached hydrogen (secondary N) is 2. The summed E-state index contributed by atoms with van der Waals surface area (Å²) in [4.78, 5) is 21.4. The number of terminal acetylenes is 1. The van der Waals surface area contributed by atoms with Gasteiger partial charge in [0.05, 0.1) is 12.1 Å². The van der Waals surface area contributed by atoms with Crippen molar-refractivity contribution in [2.45, 2.75) is 18.5 Å². The lowest BCUT2D eigenvalue weighted by molar-refractivity contribution is -0.137. The first-order valence-electron chi connectivity index (χ1n) is 11.3. The standard InChI is InChI=1S/C27H21F3N4O2/c1-2-16-6-7-18(13-23(16)27(28,29)30)34-26(35)22-15-21(22)17-4-3-5-19(12-17)36-20-8-9-31-24(14-20)25-32-10-11-33-25/h1,3-9,12-14,21-22H,10-11,15H2,(H,32,33)(H,34,35). The molecule has 2 heterocycles. The van der Waals surface area contributed by atoms with Crippen LogP contribution in [0.3, 0.4) is 0 Å². The highest BCUT2D eigenvalue weighted by molar-refractivity contribution is 5.98. The molecule has 1 fully saturated rings. The average molecular weight is 490 g/mol. The van der Waals surface area contributed by atoms with Gasteiger partial charge in [-0.2, -0.15) is 13.2 Å². The molecule has 0 spiro atoms. The van der Waals surface area contributed by atoms with Crippen molar-refractivity contribution in [2.24, 2.45) is 10.9 Å². The zero-order chi connectivity index (χ0) is 25.3. The van der Waals surface area contributed by atoms with Gasteiger partial charge in [0.15, 0.2) is 0 Å². The second-order valence-electron chi connectivity index (χ2n) is 8.55. The average Bonchev–Trinajstić information content (AvgIpc) is 3.48. The van der Waals surface area contributed by atoms with Crippen LogP contribution in [-0.2, 0) is 11.0 Å². The summed E-state index contributed by atoms with van der Waals surface area (Å²) in [6.45, 7) is 1.49. The Morgan fingerprint density at radius 1 is 1.14 bits per heavy atom. The fourth-order valence-corrected chi connectivity index (χ4v) is 4.19. The highest BCUT2D eigenvalue weighted by Gasteiger charge is 2.44. The Labute approximate surface area is 205 Å². The summed E-state index contributed by atoms with van der Waals surface area (Å²) in [5.41, 5.74) is 0.459. The Balaban J connectivity index is 1.25. The Bertz CT molecular complexity index is 1390. The number of halogens is 3. The maximum absolute atomic E-state index is 13.3. The lowest BCUT2D eigenvalue weighted by Gasteiger charge is -2.12. The number of rotatable bonds is 6. The Hall–Kier alpha value is -4.32. The smallest absolute Gasteiger partial charge is 0.417 e. The second kappa shape index (κ2) is 9.38. The Morgan fingerprint density at radius 2 is 1.97 bits per heavy atom. The van der Waals surface area contributed by atoms with Gasteiger partial charge in [-0.3, -0.25) is 14.8 Å². The summed E-state index contributed by atoms with van der Waals surface area (Å²) in [5.74, 6) is 3.24. The van der Waals surface area contributed by atoms with Crippen molar-refractivity contribution in [1.82, 2.24) is 10.3 Å². The molecule has 36 heavy (non-hydrogen) atoms. The molecule has 1 aliphatic carbocycles. The van der Waals surface area contributed by atoms with Crippen LogP contribution in [0.5, 0.6) is 11.5 Å². The van der Waals surface area contributed by atoms with Crippen LogP contribution < -0.4 is 15.4 Å². The van der Waals surface area contributed by atoms with E-state index >= 15 is 0 Å². The minimum absolute atomic E-state index is 0.0503. The van der Waals surface area contributed by atoms with E-state index in [1.807, 2.05) is 30.2 Å². The summed E-state index contributed by atoms with van der Waals surface area (Å²) in [5, 5.41) is 5.77. The fourth-order valence-electron chi connectivity index (χ4n) is 4.19. The van der Waals surface area contributed by atoms with Gasteiger partial charge in [0, 0.05) is 36.0 Å². The number of ether oxygens (including phenoxy) is 1. The number of carbonyl (C=O) groups is 1. The molecule has 2 aromatic carbocycles. The van der Waals surface area contributed by atoms with Crippen LogP contribution in [0.25, 0.3) is 0 Å². The first-order chi connectivity index (χ1) is 17.3. The van der Waals surface area contributed by atoms with E-state index in [4.69, 9.17) is 11.2 Å². The number of carbonyl (C=O) groups excluding carboxylic acids is 1. The fraction of sp³-hybridized carbons (Fsp3) is 0.222. The highest BCUT2D eigenvalue weighted by Crippen LogP contribution is 2.49. The highest BCUT2D eigenvalue weighted by atomic mass is 19.4. The number of amidine groups is 1. The maximum atomic E-state index is 13.3. The summed E-state index contributed by atoms with van der Waals surface area (Å²) in [6, 6.07) is 14.4. The van der Waals surface area contributed by atoms with Crippen molar-refractivity contribution >= 4 is 17.4 Å². The quantitative estimate of drug-likeness (QED) is 0.479. The van der Waals surface area contributed by atoms with Crippen molar-refractivity contribution in [3.63, 3.8) is 0 Å². The van der Waals surface area contributed by atoms with Gasteiger partial charge in [0.1, 0.15) is 23.0 Å². The largest absolute Gasteiger partial charge is 0.457 e. The molecule has 1 aromatic heterocycles. The normalized spacial score (nSPS) is 18.6. The molecule has 1 amide bonds. The van der Waals surface area contributed by atoms with E-state index in [0.29, 0.717) is 30.2 Å². The molecule has 1 aliphatic heterocycles. The molecule has 9 heteroatoms. The number of hydrogen-bond donors (Lipinski definition) is 2. The number of nitrogens with zero attached hydrogens (tertiary/aromatic N) is 2. The molecule has 1 saturated carbocycles. The number of anilines is 1. The number of alkyl halides is 3. The van der Waals surface area contributed by atoms with Crippen molar-refractivity contribution in [2.75, 3.05) is 18.4 Å². The first-order valence-corrected chi connectivity index (χ1v) is 11.3. The third-order valence-electron chi connectivity index (χ3n) is 6.05. The molecular weight excluding hydrogens is 469 g/mol. The Kier molecular flexibility index (Phi) is 6.10. The van der Waals surface area contributed by atoms with Crippen molar-refractivity contribution in [1.29, 1.82) is 0 Å². The summed E-state index contributed by atoms with van der Waals surface area (Å²) >= 11 is 0. The number of pyridine rings is 1. The Morgan fingerprint density at radius 3 is 2.72 bits per heavy atom. The van der Waals surface area contributed by atoms with Crippen LogP contribution in [0.1, 0.15) is 34.7 Å². The third-order valence-corrected chi connectivity index (χ3v) is 6.05. The van der Waals surface area contributed by atoms with Gasteiger partial charge >= 0.3 is 6.18 Å². The summed E-state index contributed by atoms with van der Waals surface area (Å²) in [7, 11) is 0. The topological polar surface area (TPSA) is 75.6 Å². The van der Waals surface area contributed by atoms with Crippen LogP contribution >= 0.6 is 0 Å². The molecule has 182 valence electrons. The number of amides is 1. The molecule has 2 N–H and O–H groups in total. The van der Waals surface area contributed by atoms with Crippen LogP contribution in [0, 0.1) is 18.3 Å². The predicted octanol–water partition coefficient (Wildman–Crippen LogP) is 4.97. The monoisotopic (exact) mass is 490 g/mol.